The third kappa shape index (κ3) is 3.14. The standard InChI is InChI=1S/C15H15ClO4/c1-3-10-6-12(4-5-13(10)16)19-8-11-7-14(15(17)18)20-9(11)2/h4-7H,3,8H2,1-2H3,(H,17,18). The maximum Gasteiger partial charge on any atom is 0.371 e. The van der Waals surface area contributed by atoms with Gasteiger partial charge < -0.3 is 14.3 Å². The van der Waals surface area contributed by atoms with Gasteiger partial charge in [0.1, 0.15) is 18.1 Å². The van der Waals surface area contributed by atoms with Crippen LogP contribution in [0.15, 0.2) is 28.7 Å². The van der Waals surface area contributed by atoms with Crippen LogP contribution in [0.5, 0.6) is 5.75 Å². The van der Waals surface area contributed by atoms with Crippen molar-refractivity contribution in [2.75, 3.05) is 0 Å². The van der Waals surface area contributed by atoms with Crippen molar-refractivity contribution in [1.82, 2.24) is 0 Å². The van der Waals surface area contributed by atoms with Crippen molar-refractivity contribution in [3.8, 4) is 5.75 Å². The van der Waals surface area contributed by atoms with Crippen LogP contribution in [-0.4, -0.2) is 11.1 Å². The molecule has 0 spiro atoms. The van der Waals surface area contributed by atoms with Crippen LogP contribution in [0.25, 0.3) is 0 Å². The number of hydrogen-bond donors (Lipinski definition) is 1. The molecule has 1 aromatic heterocycles. The van der Waals surface area contributed by atoms with E-state index in [2.05, 4.69) is 0 Å². The van der Waals surface area contributed by atoms with Gasteiger partial charge in [-0.3, -0.25) is 0 Å². The van der Waals surface area contributed by atoms with Crippen LogP contribution >= 0.6 is 11.6 Å². The van der Waals surface area contributed by atoms with Crippen LogP contribution in [0, 0.1) is 6.92 Å². The molecule has 0 fully saturated rings. The van der Waals surface area contributed by atoms with Gasteiger partial charge in [-0.1, -0.05) is 18.5 Å². The first-order chi connectivity index (χ1) is 9.51. The zero-order valence-electron chi connectivity index (χ0n) is 11.3. The van der Waals surface area contributed by atoms with Crippen LogP contribution in [0.4, 0.5) is 0 Å². The Morgan fingerprint density at radius 3 is 2.70 bits per heavy atom. The van der Waals surface area contributed by atoms with Gasteiger partial charge >= 0.3 is 5.97 Å². The SMILES string of the molecule is CCc1cc(OCc2cc(C(=O)O)oc2C)ccc1Cl. The molecule has 0 radical (unpaired) electrons. The van der Waals surface area contributed by atoms with Gasteiger partial charge in [0.05, 0.1) is 0 Å². The van der Waals surface area contributed by atoms with Crippen LogP contribution in [-0.2, 0) is 13.0 Å². The van der Waals surface area contributed by atoms with Gasteiger partial charge in [-0.25, -0.2) is 4.79 Å². The van der Waals surface area contributed by atoms with Crippen molar-refractivity contribution in [2.24, 2.45) is 0 Å². The lowest BCUT2D eigenvalue weighted by Gasteiger charge is -2.08. The molecule has 20 heavy (non-hydrogen) atoms. The maximum atomic E-state index is 10.8. The quantitative estimate of drug-likeness (QED) is 0.902. The molecule has 1 N–H and O–H groups in total. The van der Waals surface area contributed by atoms with Crippen molar-refractivity contribution in [1.29, 1.82) is 0 Å². The highest BCUT2D eigenvalue weighted by Gasteiger charge is 2.13. The number of aromatic carboxylic acids is 1. The number of carbonyl (C=O) groups is 1. The third-order valence-corrected chi connectivity index (χ3v) is 3.39. The number of ether oxygens (including phenoxy) is 1. The topological polar surface area (TPSA) is 59.7 Å². The number of furan rings is 1. The molecule has 4 nitrogen and oxygen atoms in total. The molecular weight excluding hydrogens is 280 g/mol. The van der Waals surface area contributed by atoms with Gasteiger partial charge in [0, 0.05) is 10.6 Å². The third-order valence-electron chi connectivity index (χ3n) is 3.02. The first-order valence-corrected chi connectivity index (χ1v) is 6.63. The van der Waals surface area contributed by atoms with Crippen LogP contribution < -0.4 is 4.74 Å². The minimum Gasteiger partial charge on any atom is -0.489 e. The fourth-order valence-electron chi connectivity index (χ4n) is 1.84. The fraction of sp³-hybridized carbons (Fsp3) is 0.267. The Hall–Kier alpha value is -1.94. The summed E-state index contributed by atoms with van der Waals surface area (Å²) in [4.78, 5) is 10.8. The molecule has 5 heteroatoms. The van der Waals surface area contributed by atoms with E-state index in [4.69, 9.17) is 25.9 Å². The number of halogens is 1. The van der Waals surface area contributed by atoms with E-state index in [1.807, 2.05) is 13.0 Å². The second-order valence-electron chi connectivity index (χ2n) is 4.39. The zero-order valence-corrected chi connectivity index (χ0v) is 12.0. The Labute approximate surface area is 121 Å². The molecule has 2 rings (SSSR count). The van der Waals surface area contributed by atoms with Crippen molar-refractivity contribution in [2.45, 2.75) is 26.9 Å². The van der Waals surface area contributed by atoms with Crippen LogP contribution in [0.3, 0.4) is 0 Å². The van der Waals surface area contributed by atoms with E-state index in [1.54, 1.807) is 19.1 Å². The minimum atomic E-state index is -1.08. The number of aryl methyl sites for hydroxylation is 2. The van der Waals surface area contributed by atoms with Crippen LogP contribution in [0.1, 0.15) is 34.4 Å². The number of carboxylic acids is 1. The minimum absolute atomic E-state index is 0.0774. The molecular formula is C15H15ClO4. The average Bonchev–Trinajstić information content (AvgIpc) is 2.79. The normalized spacial score (nSPS) is 10.6. The number of carboxylic acid groups (broad SMARTS) is 1. The van der Waals surface area contributed by atoms with Crippen molar-refractivity contribution in [3.63, 3.8) is 0 Å². The van der Waals surface area contributed by atoms with Gasteiger partial charge in [0.25, 0.3) is 0 Å². The van der Waals surface area contributed by atoms with E-state index < -0.39 is 5.97 Å². The predicted molar refractivity (Wildman–Crippen MR) is 75.6 cm³/mol. The van der Waals surface area contributed by atoms with E-state index >= 15 is 0 Å². The molecule has 0 unspecified atom stereocenters. The van der Waals surface area contributed by atoms with Gasteiger partial charge in [0.2, 0.25) is 5.76 Å². The van der Waals surface area contributed by atoms with E-state index in [-0.39, 0.29) is 12.4 Å². The maximum absolute atomic E-state index is 10.8. The lowest BCUT2D eigenvalue weighted by Crippen LogP contribution is -1.97. The van der Waals surface area contributed by atoms with Gasteiger partial charge in [-0.15, -0.1) is 0 Å². The largest absolute Gasteiger partial charge is 0.489 e. The molecule has 0 atom stereocenters. The number of hydrogen-bond acceptors (Lipinski definition) is 3. The highest BCUT2D eigenvalue weighted by molar-refractivity contribution is 6.31. The summed E-state index contributed by atoms with van der Waals surface area (Å²) in [5.74, 6) is 0.0846. The van der Waals surface area contributed by atoms with Crippen molar-refractivity contribution >= 4 is 17.6 Å². The Morgan fingerprint density at radius 1 is 1.35 bits per heavy atom. The molecule has 106 valence electrons. The summed E-state index contributed by atoms with van der Waals surface area (Å²) < 4.78 is 10.8. The summed E-state index contributed by atoms with van der Waals surface area (Å²) in [6.07, 6.45) is 0.823. The van der Waals surface area contributed by atoms with Gasteiger partial charge in [0.15, 0.2) is 0 Å². The molecule has 0 saturated heterocycles. The monoisotopic (exact) mass is 294 g/mol. The molecule has 0 saturated carbocycles. The summed E-state index contributed by atoms with van der Waals surface area (Å²) in [7, 11) is 0. The van der Waals surface area contributed by atoms with Gasteiger partial charge in [-0.2, -0.15) is 0 Å². The van der Waals surface area contributed by atoms with E-state index in [0.29, 0.717) is 16.5 Å². The van der Waals surface area contributed by atoms with E-state index in [1.165, 1.54) is 6.07 Å². The molecule has 0 amide bonds. The van der Waals surface area contributed by atoms with Gasteiger partial charge in [-0.05, 0) is 43.2 Å². The van der Waals surface area contributed by atoms with Crippen molar-refractivity contribution in [3.05, 3.63) is 51.9 Å². The molecule has 0 aliphatic carbocycles. The first kappa shape index (κ1) is 14.5. The average molecular weight is 295 g/mol. The predicted octanol–water partition coefficient (Wildman–Crippen LogP) is 4.08. The Morgan fingerprint density at radius 2 is 2.10 bits per heavy atom. The lowest BCUT2D eigenvalue weighted by atomic mass is 10.1. The number of benzene rings is 1. The molecule has 1 heterocycles. The second-order valence-corrected chi connectivity index (χ2v) is 4.80. The number of rotatable bonds is 5. The molecule has 1 aromatic carbocycles. The first-order valence-electron chi connectivity index (χ1n) is 6.25. The smallest absolute Gasteiger partial charge is 0.371 e. The van der Waals surface area contributed by atoms with E-state index in [9.17, 15) is 4.79 Å². The molecule has 0 aliphatic rings. The lowest BCUT2D eigenvalue weighted by molar-refractivity contribution is 0.0661. The summed E-state index contributed by atoms with van der Waals surface area (Å²) >= 11 is 6.04. The Bertz CT molecular complexity index is 631. The summed E-state index contributed by atoms with van der Waals surface area (Å²) in [6.45, 7) is 3.99. The molecule has 2 aromatic rings. The fourth-order valence-corrected chi connectivity index (χ4v) is 2.09. The summed E-state index contributed by atoms with van der Waals surface area (Å²) in [5.41, 5.74) is 1.73. The Balaban J connectivity index is 2.10. The second kappa shape index (κ2) is 6.01. The zero-order chi connectivity index (χ0) is 14.7. The van der Waals surface area contributed by atoms with Crippen LogP contribution in [0.2, 0.25) is 5.02 Å². The highest BCUT2D eigenvalue weighted by atomic mass is 35.5. The van der Waals surface area contributed by atoms with Crippen molar-refractivity contribution < 1.29 is 19.1 Å². The molecule has 0 bridgehead atoms. The summed E-state index contributed by atoms with van der Waals surface area (Å²) in [6, 6.07) is 6.94. The molecule has 0 aliphatic heterocycles. The Kier molecular flexibility index (Phi) is 4.35. The highest BCUT2D eigenvalue weighted by Crippen LogP contribution is 2.24. The summed E-state index contributed by atoms with van der Waals surface area (Å²) in [5, 5.41) is 9.57. The van der Waals surface area contributed by atoms with E-state index in [0.717, 1.165) is 17.5 Å².